The molecule has 1 N–H and O–H groups in total. The van der Waals surface area contributed by atoms with Crippen LogP contribution in [0.5, 0.6) is 5.75 Å². The van der Waals surface area contributed by atoms with Gasteiger partial charge in [-0.1, -0.05) is 11.6 Å². The average Bonchev–Trinajstić information content (AvgIpc) is 2.97. The number of hydrogen-bond acceptors (Lipinski definition) is 3. The zero-order valence-electron chi connectivity index (χ0n) is 9.86. The Labute approximate surface area is 111 Å². The Morgan fingerprint density at radius 1 is 1.33 bits per heavy atom. The van der Waals surface area contributed by atoms with Crippen LogP contribution in [0, 0.1) is 0 Å². The van der Waals surface area contributed by atoms with Gasteiger partial charge in [0.05, 0.1) is 12.8 Å². The van der Waals surface area contributed by atoms with Gasteiger partial charge in [-0.3, -0.25) is 0 Å². The first-order chi connectivity index (χ1) is 8.81. The molecule has 0 bridgehead atoms. The molecule has 2 heterocycles. The van der Waals surface area contributed by atoms with Gasteiger partial charge in [-0.25, -0.2) is 0 Å². The maximum atomic E-state index is 5.96. The van der Waals surface area contributed by atoms with E-state index in [1.54, 1.807) is 6.26 Å². The van der Waals surface area contributed by atoms with Gasteiger partial charge in [0.25, 0.3) is 0 Å². The third-order valence-electron chi connectivity index (χ3n) is 3.02. The summed E-state index contributed by atoms with van der Waals surface area (Å²) >= 11 is 5.96. The Bertz CT molecular complexity index is 525. The van der Waals surface area contributed by atoms with Crippen molar-refractivity contribution in [2.24, 2.45) is 0 Å². The van der Waals surface area contributed by atoms with Crippen molar-refractivity contribution in [2.75, 3.05) is 6.54 Å². The second kappa shape index (κ2) is 5.04. The van der Waals surface area contributed by atoms with Gasteiger partial charge in [0.1, 0.15) is 17.6 Å². The van der Waals surface area contributed by atoms with E-state index in [-0.39, 0.29) is 6.10 Å². The van der Waals surface area contributed by atoms with Crippen molar-refractivity contribution in [1.29, 1.82) is 0 Å². The molecule has 0 fully saturated rings. The molecule has 0 saturated carbocycles. The van der Waals surface area contributed by atoms with Crippen LogP contribution >= 0.6 is 11.6 Å². The summed E-state index contributed by atoms with van der Waals surface area (Å²) in [6.45, 7) is 1.52. The second-order valence-electron chi connectivity index (χ2n) is 4.41. The molecule has 1 unspecified atom stereocenters. The first kappa shape index (κ1) is 11.6. The van der Waals surface area contributed by atoms with E-state index in [0.29, 0.717) is 0 Å². The van der Waals surface area contributed by atoms with Crippen molar-refractivity contribution in [3.05, 3.63) is 52.9 Å². The lowest BCUT2D eigenvalue weighted by Crippen LogP contribution is -2.29. The normalized spacial score (nSPS) is 17.5. The molecule has 0 aliphatic carbocycles. The Morgan fingerprint density at radius 3 is 3.11 bits per heavy atom. The number of fused-ring (bicyclic) bond motifs is 1. The van der Waals surface area contributed by atoms with Gasteiger partial charge in [0.15, 0.2) is 0 Å². The van der Waals surface area contributed by atoms with Gasteiger partial charge < -0.3 is 14.5 Å². The van der Waals surface area contributed by atoms with Crippen LogP contribution in [-0.2, 0) is 13.0 Å². The van der Waals surface area contributed by atoms with E-state index in [2.05, 4.69) is 5.32 Å². The zero-order chi connectivity index (χ0) is 12.4. The minimum absolute atomic E-state index is 0.174. The molecule has 3 rings (SSSR count). The molecule has 0 spiro atoms. The average molecular weight is 264 g/mol. The highest BCUT2D eigenvalue weighted by atomic mass is 35.5. The molecular formula is C14H14ClNO2. The molecule has 4 heteroatoms. The Hall–Kier alpha value is -1.45. The lowest BCUT2D eigenvalue weighted by Gasteiger charge is -2.10. The van der Waals surface area contributed by atoms with Gasteiger partial charge in [-0.15, -0.1) is 0 Å². The maximum Gasteiger partial charge on any atom is 0.123 e. The number of halogens is 1. The zero-order valence-corrected chi connectivity index (χ0v) is 10.6. The lowest BCUT2D eigenvalue weighted by atomic mass is 10.1. The number of furan rings is 1. The molecule has 94 valence electrons. The van der Waals surface area contributed by atoms with Crippen molar-refractivity contribution in [3.8, 4) is 5.75 Å². The van der Waals surface area contributed by atoms with E-state index in [0.717, 1.165) is 36.0 Å². The SMILES string of the molecule is Clc1ccc2c(c1)CC(CNCc1ccco1)O2. The van der Waals surface area contributed by atoms with Gasteiger partial charge in [-0.05, 0) is 35.9 Å². The number of ether oxygens (including phenoxy) is 1. The molecule has 1 atom stereocenters. The van der Waals surface area contributed by atoms with Crippen LogP contribution < -0.4 is 10.1 Å². The molecule has 3 nitrogen and oxygen atoms in total. The Balaban J connectivity index is 1.52. The van der Waals surface area contributed by atoms with Crippen molar-refractivity contribution in [2.45, 2.75) is 19.1 Å². The first-order valence-electron chi connectivity index (χ1n) is 5.99. The second-order valence-corrected chi connectivity index (χ2v) is 4.84. The van der Waals surface area contributed by atoms with E-state index in [1.807, 2.05) is 30.3 Å². The number of hydrogen-bond donors (Lipinski definition) is 1. The molecular weight excluding hydrogens is 250 g/mol. The molecule has 18 heavy (non-hydrogen) atoms. The van der Waals surface area contributed by atoms with E-state index >= 15 is 0 Å². The van der Waals surface area contributed by atoms with Crippen LogP contribution in [0.25, 0.3) is 0 Å². The Morgan fingerprint density at radius 2 is 2.28 bits per heavy atom. The number of nitrogens with one attached hydrogen (secondary N) is 1. The van der Waals surface area contributed by atoms with Crippen LogP contribution in [0.4, 0.5) is 0 Å². The van der Waals surface area contributed by atoms with Crippen LogP contribution in [-0.4, -0.2) is 12.6 Å². The van der Waals surface area contributed by atoms with E-state index in [4.69, 9.17) is 20.8 Å². The van der Waals surface area contributed by atoms with Crippen molar-refractivity contribution < 1.29 is 9.15 Å². The highest BCUT2D eigenvalue weighted by Crippen LogP contribution is 2.30. The third kappa shape index (κ3) is 2.52. The summed E-state index contributed by atoms with van der Waals surface area (Å²) in [5, 5.41) is 4.09. The van der Waals surface area contributed by atoms with Crippen LogP contribution in [0.15, 0.2) is 41.0 Å². The standard InChI is InChI=1S/C14H14ClNO2/c15-11-3-4-14-10(6-11)7-13(18-14)9-16-8-12-2-1-5-17-12/h1-6,13,16H,7-9H2. The summed E-state index contributed by atoms with van der Waals surface area (Å²) in [7, 11) is 0. The lowest BCUT2D eigenvalue weighted by molar-refractivity contribution is 0.226. The fourth-order valence-corrected chi connectivity index (χ4v) is 2.37. The van der Waals surface area contributed by atoms with Crippen LogP contribution in [0.2, 0.25) is 5.02 Å². The molecule has 0 radical (unpaired) electrons. The molecule has 1 aliphatic heterocycles. The summed E-state index contributed by atoms with van der Waals surface area (Å²) in [4.78, 5) is 0. The summed E-state index contributed by atoms with van der Waals surface area (Å²) in [5.74, 6) is 1.89. The fourth-order valence-electron chi connectivity index (χ4n) is 2.17. The van der Waals surface area contributed by atoms with Crippen LogP contribution in [0.1, 0.15) is 11.3 Å². The van der Waals surface area contributed by atoms with Gasteiger partial charge >= 0.3 is 0 Å². The molecule has 0 amide bonds. The van der Waals surface area contributed by atoms with E-state index in [9.17, 15) is 0 Å². The predicted molar refractivity (Wildman–Crippen MR) is 70.0 cm³/mol. The minimum atomic E-state index is 0.174. The van der Waals surface area contributed by atoms with Gasteiger partial charge in [0, 0.05) is 18.0 Å². The predicted octanol–water partition coefficient (Wildman–Crippen LogP) is 3.03. The first-order valence-corrected chi connectivity index (χ1v) is 6.37. The summed E-state index contributed by atoms with van der Waals surface area (Å²) < 4.78 is 11.1. The Kier molecular flexibility index (Phi) is 3.26. The summed E-state index contributed by atoms with van der Waals surface area (Å²) in [5.41, 5.74) is 1.19. The molecule has 1 aromatic heterocycles. The van der Waals surface area contributed by atoms with E-state index in [1.165, 1.54) is 5.56 Å². The van der Waals surface area contributed by atoms with Gasteiger partial charge in [0.2, 0.25) is 0 Å². The molecule has 0 saturated heterocycles. The van der Waals surface area contributed by atoms with E-state index < -0.39 is 0 Å². The number of benzene rings is 1. The highest BCUT2D eigenvalue weighted by molar-refractivity contribution is 6.30. The third-order valence-corrected chi connectivity index (χ3v) is 3.25. The minimum Gasteiger partial charge on any atom is -0.488 e. The monoisotopic (exact) mass is 263 g/mol. The highest BCUT2D eigenvalue weighted by Gasteiger charge is 2.22. The van der Waals surface area contributed by atoms with Crippen molar-refractivity contribution in [3.63, 3.8) is 0 Å². The number of rotatable bonds is 4. The van der Waals surface area contributed by atoms with Gasteiger partial charge in [-0.2, -0.15) is 0 Å². The van der Waals surface area contributed by atoms with Crippen molar-refractivity contribution >= 4 is 11.6 Å². The quantitative estimate of drug-likeness (QED) is 0.921. The smallest absolute Gasteiger partial charge is 0.123 e. The summed E-state index contributed by atoms with van der Waals surface area (Å²) in [6.07, 6.45) is 2.76. The molecule has 1 aromatic carbocycles. The van der Waals surface area contributed by atoms with Crippen LogP contribution in [0.3, 0.4) is 0 Å². The van der Waals surface area contributed by atoms with Crippen molar-refractivity contribution in [1.82, 2.24) is 5.32 Å². The topological polar surface area (TPSA) is 34.4 Å². The summed E-state index contributed by atoms with van der Waals surface area (Å²) in [6, 6.07) is 9.62. The largest absolute Gasteiger partial charge is 0.488 e. The molecule has 2 aromatic rings. The fraction of sp³-hybridized carbons (Fsp3) is 0.286. The maximum absolute atomic E-state index is 5.96. The molecule has 1 aliphatic rings.